The molecule has 1 heterocycles. The van der Waals surface area contributed by atoms with Crippen molar-refractivity contribution in [1.29, 1.82) is 0 Å². The number of anilines is 2. The van der Waals surface area contributed by atoms with E-state index in [-0.39, 0.29) is 35.7 Å². The van der Waals surface area contributed by atoms with Crippen molar-refractivity contribution in [1.82, 2.24) is 15.2 Å². The maximum absolute atomic E-state index is 13.9. The molecular formula is C37H51F2N5O5S. The molecule has 10 nitrogen and oxygen atoms in total. The minimum atomic E-state index is -3.77. The monoisotopic (exact) mass is 715 g/mol. The number of hydrogen-bond donors (Lipinski definition) is 3. The van der Waals surface area contributed by atoms with Crippen molar-refractivity contribution < 1.29 is 31.8 Å². The quantitative estimate of drug-likeness (QED) is 0.176. The Kier molecular flexibility index (Phi) is 12.5. The van der Waals surface area contributed by atoms with Crippen molar-refractivity contribution in [3.05, 3.63) is 82.9 Å². The number of ether oxygens (including phenoxy) is 1. The summed E-state index contributed by atoms with van der Waals surface area (Å²) in [5, 5.41) is 16.8. The molecule has 13 heteroatoms. The van der Waals surface area contributed by atoms with E-state index in [9.17, 15) is 27.1 Å². The third-order valence-electron chi connectivity index (χ3n) is 8.99. The van der Waals surface area contributed by atoms with Crippen LogP contribution in [0.4, 0.5) is 20.4 Å². The zero-order chi connectivity index (χ0) is 37.0. The van der Waals surface area contributed by atoms with Gasteiger partial charge >= 0.3 is 0 Å². The molecule has 4 rings (SSSR count). The summed E-state index contributed by atoms with van der Waals surface area (Å²) in [5.74, 6) is -0.984. The summed E-state index contributed by atoms with van der Waals surface area (Å²) < 4.78 is 60.7. The zero-order valence-electron chi connectivity index (χ0n) is 30.2. The van der Waals surface area contributed by atoms with Crippen molar-refractivity contribution >= 4 is 27.6 Å². The second-order valence-corrected chi connectivity index (χ2v) is 17.2. The summed E-state index contributed by atoms with van der Waals surface area (Å²) in [5.41, 5.74) is 2.29. The van der Waals surface area contributed by atoms with Crippen LogP contribution in [0.1, 0.15) is 69.4 Å². The van der Waals surface area contributed by atoms with Crippen LogP contribution in [0.2, 0.25) is 0 Å². The Morgan fingerprint density at radius 1 is 1.08 bits per heavy atom. The Hall–Kier alpha value is -3.81. The van der Waals surface area contributed by atoms with Crippen LogP contribution in [0, 0.1) is 23.5 Å². The van der Waals surface area contributed by atoms with Gasteiger partial charge in [-0.15, -0.1) is 0 Å². The van der Waals surface area contributed by atoms with Crippen molar-refractivity contribution in [3.63, 3.8) is 0 Å². The smallest absolute Gasteiger partial charge is 0.251 e. The van der Waals surface area contributed by atoms with Gasteiger partial charge in [0.05, 0.1) is 17.4 Å². The molecule has 1 amide bonds. The number of sulfonamides is 1. The molecule has 1 aromatic heterocycles. The predicted octanol–water partition coefficient (Wildman–Crippen LogP) is 5.57. The number of nitrogens with zero attached hydrogens (tertiary/aromatic N) is 3. The highest BCUT2D eigenvalue weighted by atomic mass is 32.2. The maximum atomic E-state index is 13.9. The molecular weight excluding hydrogens is 664 g/mol. The fraction of sp³-hybridized carbons (Fsp3) is 0.514. The number of rotatable bonds is 16. The normalized spacial score (nSPS) is 17.4. The molecule has 0 unspecified atom stereocenters. The van der Waals surface area contributed by atoms with Gasteiger partial charge in [-0.1, -0.05) is 52.0 Å². The van der Waals surface area contributed by atoms with Crippen LogP contribution in [-0.2, 0) is 22.0 Å². The number of carbonyl (C=O) groups is 1. The molecule has 2 aromatic carbocycles. The van der Waals surface area contributed by atoms with E-state index in [2.05, 4.69) is 55.4 Å². The van der Waals surface area contributed by atoms with Crippen LogP contribution in [0.15, 0.2) is 54.6 Å². The van der Waals surface area contributed by atoms with E-state index in [0.29, 0.717) is 30.7 Å². The van der Waals surface area contributed by atoms with Gasteiger partial charge in [-0.3, -0.25) is 14.0 Å². The Balaban J connectivity index is 1.59. The van der Waals surface area contributed by atoms with E-state index in [1.807, 2.05) is 24.1 Å². The van der Waals surface area contributed by atoms with Crippen LogP contribution >= 0.6 is 0 Å². The van der Waals surface area contributed by atoms with Crippen LogP contribution in [0.3, 0.4) is 0 Å². The van der Waals surface area contributed by atoms with Gasteiger partial charge in [-0.05, 0) is 67.8 Å². The highest BCUT2D eigenvalue weighted by Crippen LogP contribution is 2.37. The lowest BCUT2D eigenvalue weighted by molar-refractivity contribution is 0.0576. The number of benzene rings is 2. The van der Waals surface area contributed by atoms with Crippen molar-refractivity contribution in [2.24, 2.45) is 11.8 Å². The third kappa shape index (κ3) is 10.6. The van der Waals surface area contributed by atoms with Crippen LogP contribution in [0.5, 0.6) is 5.75 Å². The first kappa shape index (κ1) is 39.0. The number of amides is 1. The van der Waals surface area contributed by atoms with Gasteiger partial charge in [0.2, 0.25) is 10.0 Å². The van der Waals surface area contributed by atoms with Gasteiger partial charge in [0.1, 0.15) is 35.6 Å². The van der Waals surface area contributed by atoms with E-state index >= 15 is 0 Å². The molecule has 0 radical (unpaired) electrons. The van der Waals surface area contributed by atoms with Crippen molar-refractivity contribution in [2.75, 3.05) is 43.4 Å². The van der Waals surface area contributed by atoms with Gasteiger partial charge in [-0.25, -0.2) is 22.2 Å². The first-order valence-corrected chi connectivity index (χ1v) is 18.4. The van der Waals surface area contributed by atoms with E-state index < -0.39 is 45.0 Å². The van der Waals surface area contributed by atoms with E-state index in [4.69, 9.17) is 4.74 Å². The van der Waals surface area contributed by atoms with Crippen molar-refractivity contribution in [2.45, 2.75) is 77.3 Å². The summed E-state index contributed by atoms with van der Waals surface area (Å²) in [6, 6.07) is 12.8. The lowest BCUT2D eigenvalue weighted by Gasteiger charge is -2.29. The average Bonchev–Trinajstić information content (AvgIpc) is 3.74. The minimum absolute atomic E-state index is 0.0382. The first-order chi connectivity index (χ1) is 23.3. The number of aliphatic hydroxyl groups is 1. The molecule has 1 aliphatic carbocycles. The fourth-order valence-electron chi connectivity index (χ4n) is 5.52. The van der Waals surface area contributed by atoms with Crippen LogP contribution in [-0.4, -0.2) is 80.5 Å². The third-order valence-corrected chi connectivity index (χ3v) is 11.1. The van der Waals surface area contributed by atoms with Gasteiger partial charge in [0.25, 0.3) is 5.91 Å². The maximum Gasteiger partial charge on any atom is 0.251 e. The van der Waals surface area contributed by atoms with Gasteiger partial charge in [0, 0.05) is 50.4 Å². The van der Waals surface area contributed by atoms with Gasteiger partial charge < -0.3 is 20.5 Å². The van der Waals surface area contributed by atoms with E-state index in [1.54, 1.807) is 13.8 Å². The number of likely N-dealkylation sites (N-methyl/N-ethyl adjacent to an activating group) is 1. The number of nitrogens with one attached hydrogen (secondary N) is 2. The standard InChI is InChI=1S/C37H51F2N5O5S/c1-23(2)50(47,48)44(8)35-15-26(14-34(42-35)40-19-27-12-24(27)3)36(46)41-32(22-49-31-17-29(38)16-30(39)18-31)33(45)21-43(7)20-25-10-9-11-28(13-25)37(4,5)6/h9-11,13-18,23-24,27,32-33,45H,12,19-22H2,1-8H3,(H,40,42)(H,41,46)/t24-,27+,32-,33+/m0/s1. The zero-order valence-corrected chi connectivity index (χ0v) is 31.0. The highest BCUT2D eigenvalue weighted by molar-refractivity contribution is 7.93. The summed E-state index contributed by atoms with van der Waals surface area (Å²) in [7, 11) is -0.538. The lowest BCUT2D eigenvalue weighted by Crippen LogP contribution is -2.50. The Morgan fingerprint density at radius 2 is 1.74 bits per heavy atom. The second-order valence-electron chi connectivity index (χ2n) is 14.7. The number of pyridine rings is 1. The Bertz CT molecular complexity index is 1730. The number of aliphatic hydroxyl groups excluding tert-OH is 1. The first-order valence-electron chi connectivity index (χ1n) is 16.9. The van der Waals surface area contributed by atoms with Gasteiger partial charge in [0.15, 0.2) is 0 Å². The molecule has 1 saturated carbocycles. The largest absolute Gasteiger partial charge is 0.491 e. The SMILES string of the molecule is CC(C)S(=O)(=O)N(C)c1cc(C(=O)N[C@@H](COc2cc(F)cc(F)c2)[C@H](O)CN(C)Cc2cccc(C(C)(C)C)c2)cc(NC[C@H]2C[C@@H]2C)n1. The predicted molar refractivity (Wildman–Crippen MR) is 193 cm³/mol. The summed E-state index contributed by atoms with van der Waals surface area (Å²) >= 11 is 0. The fourth-order valence-corrected chi connectivity index (χ4v) is 6.51. The number of aromatic nitrogens is 1. The summed E-state index contributed by atoms with van der Waals surface area (Å²) in [6.45, 7) is 12.6. The highest BCUT2D eigenvalue weighted by Gasteiger charge is 2.32. The van der Waals surface area contributed by atoms with E-state index in [1.165, 1.54) is 24.7 Å². The molecule has 0 saturated heterocycles. The Labute approximate surface area is 295 Å². The van der Waals surface area contributed by atoms with Crippen LogP contribution < -0.4 is 19.7 Å². The molecule has 1 aliphatic rings. The van der Waals surface area contributed by atoms with E-state index in [0.717, 1.165) is 34.5 Å². The molecule has 274 valence electrons. The molecule has 3 aromatic rings. The molecule has 0 spiro atoms. The van der Waals surface area contributed by atoms with Gasteiger partial charge in [-0.2, -0.15) is 0 Å². The number of hydrogen-bond acceptors (Lipinski definition) is 8. The topological polar surface area (TPSA) is 124 Å². The number of carbonyl (C=O) groups excluding carboxylic acids is 1. The summed E-state index contributed by atoms with van der Waals surface area (Å²) in [6.07, 6.45) is -0.111. The molecule has 50 heavy (non-hydrogen) atoms. The van der Waals surface area contributed by atoms with Crippen LogP contribution in [0.25, 0.3) is 0 Å². The molecule has 0 bridgehead atoms. The summed E-state index contributed by atoms with van der Waals surface area (Å²) in [4.78, 5) is 20.3. The second kappa shape index (κ2) is 16.0. The molecule has 4 atom stereocenters. The molecule has 3 N–H and O–H groups in total. The minimum Gasteiger partial charge on any atom is -0.491 e. The average molecular weight is 716 g/mol. The Morgan fingerprint density at radius 3 is 2.34 bits per heavy atom. The van der Waals surface area contributed by atoms with Crippen molar-refractivity contribution in [3.8, 4) is 5.75 Å². The molecule has 1 fully saturated rings. The molecule has 0 aliphatic heterocycles. The lowest BCUT2D eigenvalue weighted by atomic mass is 9.86. The number of halogens is 2.